The first kappa shape index (κ1) is 9.73. The molecule has 1 fully saturated rings. The van der Waals surface area contributed by atoms with Gasteiger partial charge in [0.25, 0.3) is 0 Å². The molecule has 1 unspecified atom stereocenters. The fraction of sp³-hybridized carbons (Fsp3) is 0.333. The number of hydrogen-bond donors (Lipinski definition) is 1. The minimum absolute atomic E-state index is 0.187. The van der Waals surface area contributed by atoms with Crippen molar-refractivity contribution in [2.75, 3.05) is 0 Å². The lowest BCUT2D eigenvalue weighted by molar-refractivity contribution is -0.134. The number of thiocarbonyl (C=S) groups is 1. The van der Waals surface area contributed by atoms with E-state index in [1.165, 1.54) is 11.8 Å². The van der Waals surface area contributed by atoms with Crippen LogP contribution in [-0.4, -0.2) is 26.3 Å². The number of nitrogens with zero attached hydrogens (tertiary/aromatic N) is 1. The molecule has 5 heteroatoms. The zero-order valence-electron chi connectivity index (χ0n) is 7.34. The average Bonchev–Trinajstić information content (AvgIpc) is 2.54. The first-order valence-corrected chi connectivity index (χ1v) is 5.55. The predicted octanol–water partition coefficient (Wildman–Crippen LogP) is 1.82. The SMILES string of the molecule is C=CCC1C(=S)N2C(C(=O)O)=CS[C@@H]12. The van der Waals surface area contributed by atoms with Gasteiger partial charge in [0.2, 0.25) is 0 Å². The summed E-state index contributed by atoms with van der Waals surface area (Å²) in [5.41, 5.74) is 0.310. The molecule has 0 aromatic carbocycles. The van der Waals surface area contributed by atoms with E-state index >= 15 is 0 Å². The summed E-state index contributed by atoms with van der Waals surface area (Å²) in [7, 11) is 0. The van der Waals surface area contributed by atoms with Gasteiger partial charge in [-0.3, -0.25) is 0 Å². The molecule has 1 N–H and O–H groups in total. The molecule has 0 aromatic heterocycles. The van der Waals surface area contributed by atoms with E-state index in [4.69, 9.17) is 17.3 Å². The Morgan fingerprint density at radius 1 is 1.86 bits per heavy atom. The summed E-state index contributed by atoms with van der Waals surface area (Å²) in [5, 5.41) is 10.7. The summed E-state index contributed by atoms with van der Waals surface area (Å²) in [4.78, 5) is 13.2. The highest BCUT2D eigenvalue weighted by atomic mass is 32.2. The van der Waals surface area contributed by atoms with Gasteiger partial charge in [0.05, 0.1) is 10.4 Å². The predicted molar refractivity (Wildman–Crippen MR) is 59.8 cm³/mol. The van der Waals surface area contributed by atoms with Crippen LogP contribution in [0.2, 0.25) is 0 Å². The number of carboxylic acid groups (broad SMARTS) is 1. The van der Waals surface area contributed by atoms with Gasteiger partial charge in [-0.25, -0.2) is 4.79 Å². The molecule has 1 saturated heterocycles. The maximum Gasteiger partial charge on any atom is 0.353 e. The second kappa shape index (κ2) is 3.40. The Hall–Kier alpha value is -0.810. The molecule has 0 saturated carbocycles. The van der Waals surface area contributed by atoms with Gasteiger partial charge in [0, 0.05) is 11.3 Å². The quantitative estimate of drug-likeness (QED) is 0.588. The standard InChI is InChI=1S/C9H9NO2S2/c1-2-3-5-7(13)10-6(9(11)12)4-14-8(5)10/h2,4-5,8H,1,3H2,(H,11,12)/t5?,8-/m0/s1. The van der Waals surface area contributed by atoms with E-state index in [1.54, 1.807) is 10.3 Å². The molecule has 2 rings (SSSR count). The van der Waals surface area contributed by atoms with Gasteiger partial charge >= 0.3 is 5.97 Å². The summed E-state index contributed by atoms with van der Waals surface area (Å²) in [6, 6.07) is 0. The number of carbonyl (C=O) groups is 1. The fourth-order valence-electron chi connectivity index (χ4n) is 1.68. The molecule has 14 heavy (non-hydrogen) atoms. The van der Waals surface area contributed by atoms with Crippen LogP contribution in [0.25, 0.3) is 0 Å². The van der Waals surface area contributed by atoms with Gasteiger partial charge in [-0.15, -0.1) is 18.3 Å². The third kappa shape index (κ3) is 1.19. The topological polar surface area (TPSA) is 40.5 Å². The van der Waals surface area contributed by atoms with Gasteiger partial charge in [-0.2, -0.15) is 0 Å². The number of rotatable bonds is 3. The first-order chi connectivity index (χ1) is 6.66. The molecule has 3 nitrogen and oxygen atoms in total. The Kier molecular flexibility index (Phi) is 2.36. The van der Waals surface area contributed by atoms with Crippen molar-refractivity contribution >= 4 is 34.9 Å². The lowest BCUT2D eigenvalue weighted by Gasteiger charge is -2.45. The zero-order valence-corrected chi connectivity index (χ0v) is 8.98. The van der Waals surface area contributed by atoms with Crippen LogP contribution in [0.15, 0.2) is 23.8 Å². The minimum Gasteiger partial charge on any atom is -0.477 e. The van der Waals surface area contributed by atoms with E-state index in [1.807, 2.05) is 6.08 Å². The van der Waals surface area contributed by atoms with Crippen molar-refractivity contribution in [1.29, 1.82) is 0 Å². The van der Waals surface area contributed by atoms with Crippen LogP contribution in [0.3, 0.4) is 0 Å². The largest absolute Gasteiger partial charge is 0.477 e. The fourth-order valence-corrected chi connectivity index (χ4v) is 3.53. The van der Waals surface area contributed by atoms with Crippen molar-refractivity contribution in [3.8, 4) is 0 Å². The second-order valence-corrected chi connectivity index (χ2v) is 4.58. The molecule has 74 valence electrons. The molecular weight excluding hydrogens is 218 g/mol. The molecule has 0 aliphatic carbocycles. The minimum atomic E-state index is -0.903. The van der Waals surface area contributed by atoms with Gasteiger partial charge in [-0.05, 0) is 6.42 Å². The number of fused-ring (bicyclic) bond motifs is 1. The second-order valence-electron chi connectivity index (χ2n) is 3.17. The van der Waals surface area contributed by atoms with Crippen molar-refractivity contribution < 1.29 is 9.90 Å². The van der Waals surface area contributed by atoms with Crippen molar-refractivity contribution in [1.82, 2.24) is 4.90 Å². The normalized spacial score (nSPS) is 29.3. The summed E-state index contributed by atoms with van der Waals surface area (Å²) in [5.74, 6) is -0.625. The molecule has 0 bridgehead atoms. The molecule has 0 aromatic rings. The highest BCUT2D eigenvalue weighted by Gasteiger charge is 2.49. The number of thioether (sulfide) groups is 1. The Morgan fingerprint density at radius 3 is 3.14 bits per heavy atom. The van der Waals surface area contributed by atoms with Crippen LogP contribution in [0.5, 0.6) is 0 Å². The highest BCUT2D eigenvalue weighted by molar-refractivity contribution is 8.03. The highest BCUT2D eigenvalue weighted by Crippen LogP contribution is 2.46. The number of allylic oxidation sites excluding steroid dienone is 1. The van der Waals surface area contributed by atoms with Crippen molar-refractivity contribution in [2.45, 2.75) is 11.8 Å². The molecule has 0 radical (unpaired) electrons. The van der Waals surface area contributed by atoms with E-state index in [9.17, 15) is 4.79 Å². The molecule has 2 heterocycles. The van der Waals surface area contributed by atoms with Crippen LogP contribution in [0.4, 0.5) is 0 Å². The van der Waals surface area contributed by atoms with Gasteiger partial charge in [-0.1, -0.05) is 18.3 Å². The third-order valence-corrected chi connectivity index (χ3v) is 4.05. The summed E-state index contributed by atoms with van der Waals surface area (Å²) in [6.45, 7) is 3.66. The third-order valence-electron chi connectivity index (χ3n) is 2.37. The Labute approximate surface area is 91.5 Å². The lowest BCUT2D eigenvalue weighted by atomic mass is 9.95. The van der Waals surface area contributed by atoms with E-state index in [0.29, 0.717) is 5.70 Å². The summed E-state index contributed by atoms with van der Waals surface area (Å²) >= 11 is 6.69. The first-order valence-electron chi connectivity index (χ1n) is 4.19. The van der Waals surface area contributed by atoms with E-state index in [-0.39, 0.29) is 11.3 Å². The monoisotopic (exact) mass is 227 g/mol. The van der Waals surface area contributed by atoms with Crippen LogP contribution < -0.4 is 0 Å². The lowest BCUT2D eigenvalue weighted by Crippen LogP contribution is -2.55. The number of aliphatic carboxylic acids is 1. The molecule has 2 aliphatic heterocycles. The van der Waals surface area contributed by atoms with Gasteiger partial charge < -0.3 is 10.0 Å². The maximum absolute atomic E-state index is 10.8. The van der Waals surface area contributed by atoms with Crippen molar-refractivity contribution in [3.05, 3.63) is 23.8 Å². The van der Waals surface area contributed by atoms with Crippen molar-refractivity contribution in [3.63, 3.8) is 0 Å². The molecule has 2 aliphatic rings. The van der Waals surface area contributed by atoms with Crippen molar-refractivity contribution in [2.24, 2.45) is 5.92 Å². The number of hydrogen-bond acceptors (Lipinski definition) is 3. The molecule has 0 amide bonds. The molecule has 0 spiro atoms. The molecule has 2 atom stereocenters. The number of carboxylic acids is 1. The Balaban J connectivity index is 2.13. The van der Waals surface area contributed by atoms with E-state index < -0.39 is 5.97 Å². The maximum atomic E-state index is 10.8. The smallest absolute Gasteiger partial charge is 0.353 e. The Bertz CT molecular complexity index is 351. The van der Waals surface area contributed by atoms with E-state index in [0.717, 1.165) is 11.4 Å². The van der Waals surface area contributed by atoms with E-state index in [2.05, 4.69) is 6.58 Å². The van der Waals surface area contributed by atoms with Gasteiger partial charge in [0.1, 0.15) is 5.70 Å². The van der Waals surface area contributed by atoms with Crippen LogP contribution in [-0.2, 0) is 4.79 Å². The summed E-state index contributed by atoms with van der Waals surface area (Å²) < 4.78 is 0. The molecular formula is C9H9NO2S2. The van der Waals surface area contributed by atoms with Gasteiger partial charge in [0.15, 0.2) is 0 Å². The van der Waals surface area contributed by atoms with Crippen LogP contribution >= 0.6 is 24.0 Å². The average molecular weight is 227 g/mol. The zero-order chi connectivity index (χ0) is 10.3. The summed E-state index contributed by atoms with van der Waals surface area (Å²) in [6.07, 6.45) is 2.65. The van der Waals surface area contributed by atoms with Crippen LogP contribution in [0, 0.1) is 5.92 Å². The van der Waals surface area contributed by atoms with Crippen LogP contribution in [0.1, 0.15) is 6.42 Å². The Morgan fingerprint density at radius 2 is 2.57 bits per heavy atom.